The van der Waals surface area contributed by atoms with Crippen LogP contribution in [0.3, 0.4) is 0 Å². The Labute approximate surface area is 399 Å². The van der Waals surface area contributed by atoms with Crippen LogP contribution in [0, 0.1) is 6.92 Å². The van der Waals surface area contributed by atoms with Crippen LogP contribution in [0.5, 0.6) is 0 Å². The number of fused-ring (bicyclic) bond motifs is 4. The Kier molecular flexibility index (Phi) is 10.3. The average Bonchev–Trinajstić information content (AvgIpc) is 3.71. The monoisotopic (exact) mass is 868 g/mol. The van der Waals surface area contributed by atoms with Crippen LogP contribution in [0.15, 0.2) is 267 Å². The minimum Gasteiger partial charge on any atom is -0.356 e. The summed E-state index contributed by atoms with van der Waals surface area (Å²) in [6.07, 6.45) is 0. The molecule has 68 heavy (non-hydrogen) atoms. The summed E-state index contributed by atoms with van der Waals surface area (Å²) in [5.41, 5.74) is 20.9. The molecule has 322 valence electrons. The van der Waals surface area contributed by atoms with Crippen LogP contribution >= 0.6 is 0 Å². The van der Waals surface area contributed by atoms with Crippen LogP contribution in [0.4, 0.5) is 28.4 Å². The molecule has 0 aliphatic heterocycles. The summed E-state index contributed by atoms with van der Waals surface area (Å²) in [6.45, 7) is 2.26. The lowest BCUT2D eigenvalue weighted by Gasteiger charge is -2.35. The zero-order chi connectivity index (χ0) is 45.4. The van der Waals surface area contributed by atoms with Gasteiger partial charge in [-0.1, -0.05) is 206 Å². The standard InChI is InChI=1S/C66H48N2/c1-46-18-16-31-61-64(46)60-42-41-58(45-62(60)66(61,53-24-8-3-9-25-53)54-26-10-4-11-27-54)68(63-43-36-49-19-14-15-30-59(49)65(63)50-20-6-2-7-21-50)57-39-34-48(35-40-57)52-23-17-22-51(44-52)47-32-37-56(38-33-47)67-55-28-12-5-13-29-55/h2-45,67H,1H3. The first-order valence-corrected chi connectivity index (χ1v) is 23.5. The molecule has 0 saturated carbocycles. The zero-order valence-corrected chi connectivity index (χ0v) is 37.9. The second-order valence-electron chi connectivity index (χ2n) is 17.8. The molecule has 2 heteroatoms. The molecule has 0 fully saturated rings. The van der Waals surface area contributed by atoms with E-state index in [1.54, 1.807) is 0 Å². The number of para-hydroxylation sites is 1. The van der Waals surface area contributed by atoms with Gasteiger partial charge in [0, 0.05) is 28.3 Å². The van der Waals surface area contributed by atoms with Gasteiger partial charge in [0.05, 0.1) is 11.1 Å². The van der Waals surface area contributed by atoms with Crippen molar-refractivity contribution in [1.29, 1.82) is 0 Å². The van der Waals surface area contributed by atoms with Crippen LogP contribution in [-0.2, 0) is 5.41 Å². The van der Waals surface area contributed by atoms with E-state index in [1.165, 1.54) is 77.5 Å². The predicted molar refractivity (Wildman–Crippen MR) is 287 cm³/mol. The van der Waals surface area contributed by atoms with E-state index in [0.29, 0.717) is 0 Å². The summed E-state index contributed by atoms with van der Waals surface area (Å²) in [4.78, 5) is 2.48. The normalized spacial score (nSPS) is 12.3. The number of anilines is 5. The maximum absolute atomic E-state index is 3.51. The lowest BCUT2D eigenvalue weighted by atomic mass is 9.67. The lowest BCUT2D eigenvalue weighted by molar-refractivity contribution is 0.768. The first-order chi connectivity index (χ1) is 33.6. The number of rotatable bonds is 10. The molecule has 0 unspecified atom stereocenters. The highest BCUT2D eigenvalue weighted by molar-refractivity contribution is 6.05. The van der Waals surface area contributed by atoms with E-state index in [1.807, 2.05) is 18.2 Å². The Morgan fingerprint density at radius 1 is 0.353 bits per heavy atom. The lowest BCUT2D eigenvalue weighted by Crippen LogP contribution is -2.28. The van der Waals surface area contributed by atoms with E-state index in [0.717, 1.165) is 34.0 Å². The molecule has 0 heterocycles. The van der Waals surface area contributed by atoms with Gasteiger partial charge in [-0.2, -0.15) is 0 Å². The van der Waals surface area contributed by atoms with Crippen LogP contribution in [0.1, 0.15) is 27.8 Å². The second kappa shape index (κ2) is 17.3. The molecular formula is C66H48N2. The summed E-state index contributed by atoms with van der Waals surface area (Å²) in [5, 5.41) is 5.93. The molecular weight excluding hydrogens is 821 g/mol. The number of benzene rings is 11. The molecule has 0 saturated heterocycles. The largest absolute Gasteiger partial charge is 0.356 e. The number of nitrogens with zero attached hydrogens (tertiary/aromatic N) is 1. The SMILES string of the molecule is Cc1cccc2c1-c1ccc(N(c3ccc(-c4cccc(-c5ccc(Nc6ccccc6)cc5)c4)cc3)c3ccc4ccccc4c3-c3ccccc3)cc1C2(c1ccccc1)c1ccccc1. The van der Waals surface area contributed by atoms with Crippen LogP contribution in [0.2, 0.25) is 0 Å². The van der Waals surface area contributed by atoms with Crippen molar-refractivity contribution in [3.05, 3.63) is 295 Å². The average molecular weight is 869 g/mol. The van der Waals surface area contributed by atoms with Crippen molar-refractivity contribution in [2.75, 3.05) is 10.2 Å². The second-order valence-corrected chi connectivity index (χ2v) is 17.8. The fourth-order valence-corrected chi connectivity index (χ4v) is 10.7. The summed E-state index contributed by atoms with van der Waals surface area (Å²) in [7, 11) is 0. The van der Waals surface area contributed by atoms with Gasteiger partial charge in [-0.25, -0.2) is 0 Å². The molecule has 11 aromatic carbocycles. The quantitative estimate of drug-likeness (QED) is 0.147. The van der Waals surface area contributed by atoms with Gasteiger partial charge in [0.1, 0.15) is 0 Å². The third-order valence-electron chi connectivity index (χ3n) is 13.8. The molecule has 2 nitrogen and oxygen atoms in total. The summed E-state index contributed by atoms with van der Waals surface area (Å²) in [5.74, 6) is 0. The topological polar surface area (TPSA) is 15.3 Å². The van der Waals surface area contributed by atoms with Crippen molar-refractivity contribution in [3.8, 4) is 44.5 Å². The van der Waals surface area contributed by atoms with Crippen molar-refractivity contribution in [3.63, 3.8) is 0 Å². The summed E-state index contributed by atoms with van der Waals surface area (Å²) >= 11 is 0. The third kappa shape index (κ3) is 7.06. The fraction of sp³-hybridized carbons (Fsp3) is 0.0303. The van der Waals surface area contributed by atoms with E-state index in [4.69, 9.17) is 0 Å². The van der Waals surface area contributed by atoms with E-state index in [9.17, 15) is 0 Å². The van der Waals surface area contributed by atoms with Crippen molar-refractivity contribution >= 4 is 39.2 Å². The van der Waals surface area contributed by atoms with Gasteiger partial charge in [-0.3, -0.25) is 0 Å². The van der Waals surface area contributed by atoms with Crippen molar-refractivity contribution in [1.82, 2.24) is 0 Å². The molecule has 0 radical (unpaired) electrons. The van der Waals surface area contributed by atoms with Crippen LogP contribution < -0.4 is 10.2 Å². The predicted octanol–water partition coefficient (Wildman–Crippen LogP) is 17.7. The van der Waals surface area contributed by atoms with Crippen molar-refractivity contribution in [2.45, 2.75) is 12.3 Å². The Morgan fingerprint density at radius 2 is 0.897 bits per heavy atom. The van der Waals surface area contributed by atoms with Gasteiger partial charge in [0.25, 0.3) is 0 Å². The highest BCUT2D eigenvalue weighted by Crippen LogP contribution is 2.58. The highest BCUT2D eigenvalue weighted by atomic mass is 15.1. The molecule has 0 spiro atoms. The van der Waals surface area contributed by atoms with Crippen molar-refractivity contribution < 1.29 is 0 Å². The fourth-order valence-electron chi connectivity index (χ4n) is 10.7. The molecule has 0 atom stereocenters. The number of hydrogen-bond acceptors (Lipinski definition) is 2. The molecule has 1 aliphatic carbocycles. The van der Waals surface area contributed by atoms with E-state index in [-0.39, 0.29) is 0 Å². The first kappa shape index (κ1) is 40.8. The van der Waals surface area contributed by atoms with Gasteiger partial charge < -0.3 is 10.2 Å². The zero-order valence-electron chi connectivity index (χ0n) is 37.9. The maximum Gasteiger partial charge on any atom is 0.0714 e. The molecule has 1 aliphatic rings. The van der Waals surface area contributed by atoms with Gasteiger partial charge in [0.2, 0.25) is 0 Å². The maximum atomic E-state index is 3.51. The van der Waals surface area contributed by atoms with Crippen LogP contribution in [0.25, 0.3) is 55.3 Å². The first-order valence-electron chi connectivity index (χ1n) is 23.5. The Balaban J connectivity index is 1.02. The smallest absolute Gasteiger partial charge is 0.0714 e. The van der Waals surface area contributed by atoms with Crippen LogP contribution in [-0.4, -0.2) is 0 Å². The highest BCUT2D eigenvalue weighted by Gasteiger charge is 2.47. The summed E-state index contributed by atoms with van der Waals surface area (Å²) < 4.78 is 0. The Morgan fingerprint density at radius 3 is 1.57 bits per heavy atom. The molecule has 0 amide bonds. The Hall–Kier alpha value is -8.72. The Bertz CT molecular complexity index is 3520. The summed E-state index contributed by atoms with van der Waals surface area (Å²) in [6, 6.07) is 97.5. The molecule has 0 bridgehead atoms. The number of aryl methyl sites for hydroxylation is 1. The van der Waals surface area contributed by atoms with E-state index in [2.05, 4.69) is 266 Å². The van der Waals surface area contributed by atoms with Gasteiger partial charge >= 0.3 is 0 Å². The van der Waals surface area contributed by atoms with E-state index < -0.39 is 5.41 Å². The molecule has 0 aromatic heterocycles. The molecule has 12 rings (SSSR count). The van der Waals surface area contributed by atoms with Gasteiger partial charge in [0.15, 0.2) is 0 Å². The minimum absolute atomic E-state index is 0.542. The van der Waals surface area contributed by atoms with Crippen molar-refractivity contribution in [2.24, 2.45) is 0 Å². The van der Waals surface area contributed by atoms with E-state index >= 15 is 0 Å². The molecule has 11 aromatic rings. The minimum atomic E-state index is -0.542. The third-order valence-corrected chi connectivity index (χ3v) is 13.8. The van der Waals surface area contributed by atoms with Gasteiger partial charge in [-0.05, 0) is 145 Å². The number of hydrogen-bond donors (Lipinski definition) is 1. The molecule has 1 N–H and O–H groups in total. The van der Waals surface area contributed by atoms with Gasteiger partial charge in [-0.15, -0.1) is 0 Å². The number of nitrogens with one attached hydrogen (secondary N) is 1.